The van der Waals surface area contributed by atoms with E-state index in [4.69, 9.17) is 0 Å². The average Bonchev–Trinajstić information content (AvgIpc) is 2.82. The molecule has 1 atom stereocenters. The third-order valence-electron chi connectivity index (χ3n) is 2.37. The molecule has 1 aliphatic heterocycles. The van der Waals surface area contributed by atoms with E-state index in [1.807, 2.05) is 11.4 Å². The largest absolute Gasteiger partial charge is 0.374 e. The number of nitrogens with zero attached hydrogens (tertiary/aromatic N) is 1. The molecular formula is C10H13NO2S2. The molecule has 1 amide bonds. The summed E-state index contributed by atoms with van der Waals surface area (Å²) in [7, 11) is 0. The van der Waals surface area contributed by atoms with Gasteiger partial charge < -0.3 is 10.0 Å². The van der Waals surface area contributed by atoms with Gasteiger partial charge in [0.15, 0.2) is 0 Å². The van der Waals surface area contributed by atoms with Gasteiger partial charge >= 0.3 is 0 Å². The van der Waals surface area contributed by atoms with Gasteiger partial charge in [-0.2, -0.15) is 0 Å². The van der Waals surface area contributed by atoms with E-state index in [0.29, 0.717) is 19.4 Å². The van der Waals surface area contributed by atoms with Crippen molar-refractivity contribution in [3.8, 4) is 0 Å². The molecule has 2 heterocycles. The number of hydrogen-bond donors (Lipinski definition) is 1. The number of amides is 1. The second kappa shape index (κ2) is 5.01. The average molecular weight is 243 g/mol. The molecular weight excluding hydrogens is 230 g/mol. The minimum absolute atomic E-state index is 0.0780. The molecule has 15 heavy (non-hydrogen) atoms. The smallest absolute Gasteiger partial charge is 0.224 e. The van der Waals surface area contributed by atoms with Gasteiger partial charge in [0.2, 0.25) is 5.91 Å². The molecule has 1 aromatic heterocycles. The van der Waals surface area contributed by atoms with Gasteiger partial charge in [0.05, 0.1) is 4.21 Å². The van der Waals surface area contributed by atoms with Crippen LogP contribution in [0.15, 0.2) is 21.7 Å². The number of thiophene rings is 1. The maximum Gasteiger partial charge on any atom is 0.224 e. The summed E-state index contributed by atoms with van der Waals surface area (Å²) >= 11 is 3.44. The molecule has 1 unspecified atom stereocenters. The minimum atomic E-state index is -0.554. The van der Waals surface area contributed by atoms with Crippen molar-refractivity contribution in [1.29, 1.82) is 0 Å². The lowest BCUT2D eigenvalue weighted by Gasteiger charge is -2.19. The fourth-order valence-electron chi connectivity index (χ4n) is 1.58. The molecule has 1 saturated heterocycles. The summed E-state index contributed by atoms with van der Waals surface area (Å²) in [5.74, 6) is 0.929. The standard InChI is InChI=1S/C10H13NO2S2/c12-8-3-4-9(13)11(8)5-7-15-10-2-1-6-14-10/h1-2,6,8,12H,3-5,7H2. The predicted molar refractivity (Wildman–Crippen MR) is 62.0 cm³/mol. The van der Waals surface area contributed by atoms with Gasteiger partial charge in [0.1, 0.15) is 6.23 Å². The minimum Gasteiger partial charge on any atom is -0.374 e. The monoisotopic (exact) mass is 243 g/mol. The molecule has 0 saturated carbocycles. The van der Waals surface area contributed by atoms with Crippen LogP contribution in [0.25, 0.3) is 0 Å². The van der Waals surface area contributed by atoms with Gasteiger partial charge in [-0.15, -0.1) is 23.1 Å². The second-order valence-corrected chi connectivity index (χ2v) is 5.73. The number of thioether (sulfide) groups is 1. The Bertz CT molecular complexity index is 326. The van der Waals surface area contributed by atoms with Gasteiger partial charge in [-0.05, 0) is 11.4 Å². The number of aliphatic hydroxyl groups excluding tert-OH is 1. The highest BCUT2D eigenvalue weighted by atomic mass is 32.2. The number of hydrogen-bond acceptors (Lipinski definition) is 4. The molecule has 0 radical (unpaired) electrons. The fraction of sp³-hybridized carbons (Fsp3) is 0.500. The first-order chi connectivity index (χ1) is 7.27. The number of aliphatic hydroxyl groups is 1. The van der Waals surface area contributed by atoms with Crippen LogP contribution >= 0.6 is 23.1 Å². The summed E-state index contributed by atoms with van der Waals surface area (Å²) in [4.78, 5) is 12.9. The van der Waals surface area contributed by atoms with Crippen molar-refractivity contribution in [3.63, 3.8) is 0 Å². The molecule has 2 rings (SSSR count). The Morgan fingerprint density at radius 1 is 1.67 bits per heavy atom. The molecule has 1 aliphatic rings. The lowest BCUT2D eigenvalue weighted by molar-refractivity contribution is -0.132. The van der Waals surface area contributed by atoms with Crippen LogP contribution in [0.5, 0.6) is 0 Å². The first-order valence-electron chi connectivity index (χ1n) is 4.91. The number of carbonyl (C=O) groups excluding carboxylic acids is 1. The Kier molecular flexibility index (Phi) is 3.66. The highest BCUT2D eigenvalue weighted by Gasteiger charge is 2.28. The Labute approximate surface area is 97.1 Å². The van der Waals surface area contributed by atoms with Crippen LogP contribution in [0, 0.1) is 0 Å². The fourth-order valence-corrected chi connectivity index (χ4v) is 3.38. The van der Waals surface area contributed by atoms with Crippen LogP contribution in [-0.2, 0) is 4.79 Å². The van der Waals surface area contributed by atoms with Crippen LogP contribution in [0.4, 0.5) is 0 Å². The van der Waals surface area contributed by atoms with Crippen molar-refractivity contribution in [1.82, 2.24) is 4.90 Å². The maximum absolute atomic E-state index is 11.3. The van der Waals surface area contributed by atoms with Crippen LogP contribution in [-0.4, -0.2) is 34.4 Å². The third-order valence-corrected chi connectivity index (χ3v) is 4.48. The molecule has 1 fully saturated rings. The maximum atomic E-state index is 11.3. The number of carbonyl (C=O) groups is 1. The second-order valence-electron chi connectivity index (χ2n) is 3.39. The number of likely N-dealkylation sites (tertiary alicyclic amines) is 1. The van der Waals surface area contributed by atoms with Crippen LogP contribution < -0.4 is 0 Å². The molecule has 0 aromatic carbocycles. The normalized spacial score (nSPS) is 21.3. The van der Waals surface area contributed by atoms with Gasteiger partial charge in [-0.25, -0.2) is 0 Å². The molecule has 0 aliphatic carbocycles. The third kappa shape index (κ3) is 2.74. The Balaban J connectivity index is 1.76. The van der Waals surface area contributed by atoms with E-state index in [1.54, 1.807) is 28.0 Å². The Hall–Kier alpha value is -0.520. The van der Waals surface area contributed by atoms with Crippen molar-refractivity contribution in [2.45, 2.75) is 23.3 Å². The molecule has 1 N–H and O–H groups in total. The number of rotatable bonds is 4. The first-order valence-corrected chi connectivity index (χ1v) is 6.78. The van der Waals surface area contributed by atoms with Gasteiger partial charge in [0, 0.05) is 25.1 Å². The SMILES string of the molecule is O=C1CCC(O)N1CCSc1cccs1. The Morgan fingerprint density at radius 3 is 3.13 bits per heavy atom. The molecule has 3 nitrogen and oxygen atoms in total. The van der Waals surface area contributed by atoms with Gasteiger partial charge in [-0.3, -0.25) is 4.79 Å². The summed E-state index contributed by atoms with van der Waals surface area (Å²) in [5, 5.41) is 11.6. The van der Waals surface area contributed by atoms with E-state index in [-0.39, 0.29) is 5.91 Å². The van der Waals surface area contributed by atoms with Crippen LogP contribution in [0.3, 0.4) is 0 Å². The van der Waals surface area contributed by atoms with Crippen molar-refractivity contribution in [3.05, 3.63) is 17.5 Å². The summed E-state index contributed by atoms with van der Waals surface area (Å²) in [5.41, 5.74) is 0. The van der Waals surface area contributed by atoms with E-state index in [2.05, 4.69) is 6.07 Å². The van der Waals surface area contributed by atoms with Crippen LogP contribution in [0.1, 0.15) is 12.8 Å². The summed E-state index contributed by atoms with van der Waals surface area (Å²) in [6, 6.07) is 4.08. The van der Waals surface area contributed by atoms with E-state index < -0.39 is 6.23 Å². The molecule has 5 heteroatoms. The van der Waals surface area contributed by atoms with Crippen molar-refractivity contribution in [2.75, 3.05) is 12.3 Å². The molecule has 82 valence electrons. The molecule has 0 spiro atoms. The van der Waals surface area contributed by atoms with Gasteiger partial charge in [0.25, 0.3) is 0 Å². The predicted octanol–water partition coefficient (Wildman–Crippen LogP) is 1.78. The van der Waals surface area contributed by atoms with Gasteiger partial charge in [-0.1, -0.05) is 6.07 Å². The Morgan fingerprint density at radius 2 is 2.53 bits per heavy atom. The lowest BCUT2D eigenvalue weighted by Crippen LogP contribution is -2.34. The topological polar surface area (TPSA) is 40.5 Å². The zero-order valence-electron chi connectivity index (χ0n) is 8.26. The van der Waals surface area contributed by atoms with Crippen molar-refractivity contribution >= 4 is 29.0 Å². The summed E-state index contributed by atoms with van der Waals surface area (Å²) in [6.07, 6.45) is 0.522. The molecule has 0 bridgehead atoms. The zero-order valence-corrected chi connectivity index (χ0v) is 9.89. The summed E-state index contributed by atoms with van der Waals surface area (Å²) < 4.78 is 1.26. The van der Waals surface area contributed by atoms with E-state index in [9.17, 15) is 9.90 Å². The quantitative estimate of drug-likeness (QED) is 0.820. The zero-order chi connectivity index (χ0) is 10.7. The summed E-state index contributed by atoms with van der Waals surface area (Å²) in [6.45, 7) is 0.641. The highest BCUT2D eigenvalue weighted by molar-refractivity contribution is 8.01. The van der Waals surface area contributed by atoms with E-state index in [1.165, 1.54) is 4.21 Å². The highest BCUT2D eigenvalue weighted by Crippen LogP contribution is 2.24. The molecule has 1 aromatic rings. The van der Waals surface area contributed by atoms with Crippen LogP contribution in [0.2, 0.25) is 0 Å². The van der Waals surface area contributed by atoms with Crippen molar-refractivity contribution in [2.24, 2.45) is 0 Å². The van der Waals surface area contributed by atoms with E-state index >= 15 is 0 Å². The van der Waals surface area contributed by atoms with Crippen molar-refractivity contribution < 1.29 is 9.90 Å². The lowest BCUT2D eigenvalue weighted by atomic mass is 10.4. The first kappa shape index (κ1) is 11.0. The van der Waals surface area contributed by atoms with E-state index in [0.717, 1.165) is 5.75 Å².